The van der Waals surface area contributed by atoms with E-state index in [2.05, 4.69) is 36.1 Å². The lowest BCUT2D eigenvalue weighted by Crippen LogP contribution is -2.44. The van der Waals surface area contributed by atoms with Gasteiger partial charge in [-0.05, 0) is 31.3 Å². The SMILES string of the molecule is CN1CCN(c2cc3ncnc(Nc4ccc(Br)cc4F)c3cc2[N+](=O)[O-])CC1. The molecule has 4 rings (SSSR count). The van der Waals surface area contributed by atoms with Crippen molar-refractivity contribution >= 4 is 49.7 Å². The highest BCUT2D eigenvalue weighted by Gasteiger charge is 2.24. The first-order chi connectivity index (χ1) is 13.9. The summed E-state index contributed by atoms with van der Waals surface area (Å²) in [7, 11) is 2.03. The van der Waals surface area contributed by atoms with E-state index in [4.69, 9.17) is 0 Å². The average molecular weight is 461 g/mol. The van der Waals surface area contributed by atoms with E-state index >= 15 is 0 Å². The van der Waals surface area contributed by atoms with Crippen LogP contribution in [0, 0.1) is 15.9 Å². The van der Waals surface area contributed by atoms with Crippen molar-refractivity contribution in [3.8, 4) is 0 Å². The second-order valence-electron chi connectivity index (χ2n) is 6.88. The first-order valence-corrected chi connectivity index (χ1v) is 9.80. The molecule has 0 aliphatic carbocycles. The number of aromatic nitrogens is 2. The van der Waals surface area contributed by atoms with Gasteiger partial charge in [0.2, 0.25) is 0 Å². The first-order valence-electron chi connectivity index (χ1n) is 9.01. The number of nitrogens with one attached hydrogen (secondary N) is 1. The number of nitro benzene ring substituents is 1. The largest absolute Gasteiger partial charge is 0.363 e. The molecule has 0 bridgehead atoms. The number of hydrogen-bond acceptors (Lipinski definition) is 7. The summed E-state index contributed by atoms with van der Waals surface area (Å²) >= 11 is 3.22. The molecule has 1 saturated heterocycles. The molecule has 1 fully saturated rings. The number of fused-ring (bicyclic) bond motifs is 1. The minimum absolute atomic E-state index is 0.0174. The van der Waals surface area contributed by atoms with Crippen molar-refractivity contribution in [2.24, 2.45) is 0 Å². The molecule has 1 aliphatic heterocycles. The average Bonchev–Trinajstić information content (AvgIpc) is 2.70. The molecule has 0 atom stereocenters. The maximum absolute atomic E-state index is 14.2. The van der Waals surface area contributed by atoms with Crippen molar-refractivity contribution in [1.82, 2.24) is 14.9 Å². The number of benzene rings is 2. The van der Waals surface area contributed by atoms with Gasteiger partial charge in [-0.25, -0.2) is 14.4 Å². The van der Waals surface area contributed by atoms with Gasteiger partial charge in [-0.1, -0.05) is 15.9 Å². The fourth-order valence-corrected chi connectivity index (χ4v) is 3.68. The Morgan fingerprint density at radius 1 is 1.17 bits per heavy atom. The van der Waals surface area contributed by atoms with Gasteiger partial charge < -0.3 is 15.1 Å². The smallest absolute Gasteiger partial charge is 0.293 e. The molecule has 3 aromatic rings. The summed E-state index contributed by atoms with van der Waals surface area (Å²) in [6.45, 7) is 3.05. The molecule has 10 heteroatoms. The maximum atomic E-state index is 14.2. The van der Waals surface area contributed by atoms with E-state index in [0.29, 0.717) is 40.0 Å². The molecule has 0 saturated carbocycles. The highest BCUT2D eigenvalue weighted by molar-refractivity contribution is 9.10. The van der Waals surface area contributed by atoms with Gasteiger partial charge in [0.05, 0.1) is 16.1 Å². The summed E-state index contributed by atoms with van der Waals surface area (Å²) in [5.74, 6) is -0.154. The van der Waals surface area contributed by atoms with Crippen LogP contribution in [0.25, 0.3) is 10.9 Å². The Bertz CT molecular complexity index is 1090. The Morgan fingerprint density at radius 3 is 2.62 bits per heavy atom. The molecule has 150 valence electrons. The van der Waals surface area contributed by atoms with E-state index in [-0.39, 0.29) is 11.4 Å². The van der Waals surface area contributed by atoms with Crippen LogP contribution in [0.2, 0.25) is 0 Å². The Balaban J connectivity index is 1.78. The minimum atomic E-state index is -0.463. The van der Waals surface area contributed by atoms with E-state index in [0.717, 1.165) is 13.1 Å². The third kappa shape index (κ3) is 3.99. The summed E-state index contributed by atoms with van der Waals surface area (Å²) in [5.41, 5.74) is 1.30. The lowest BCUT2D eigenvalue weighted by atomic mass is 10.1. The number of likely N-dealkylation sites (N-methyl/N-ethyl adjacent to an activating group) is 1. The molecule has 0 amide bonds. The van der Waals surface area contributed by atoms with Crippen LogP contribution in [-0.2, 0) is 0 Å². The molecule has 1 aliphatic rings. The summed E-state index contributed by atoms with van der Waals surface area (Å²) in [4.78, 5) is 24.0. The Labute approximate surface area is 174 Å². The number of rotatable bonds is 4. The number of piperazine rings is 1. The van der Waals surface area contributed by atoms with Crippen molar-refractivity contribution in [2.75, 3.05) is 43.4 Å². The lowest BCUT2D eigenvalue weighted by molar-refractivity contribution is -0.384. The first kappa shape index (κ1) is 19.5. The minimum Gasteiger partial charge on any atom is -0.363 e. The van der Waals surface area contributed by atoms with E-state index in [1.807, 2.05) is 11.9 Å². The van der Waals surface area contributed by atoms with Crippen LogP contribution >= 0.6 is 15.9 Å². The Hall–Kier alpha value is -2.85. The van der Waals surface area contributed by atoms with Gasteiger partial charge in [-0.3, -0.25) is 10.1 Å². The number of anilines is 3. The van der Waals surface area contributed by atoms with Crippen LogP contribution in [0.3, 0.4) is 0 Å². The third-order valence-electron chi connectivity index (χ3n) is 4.96. The van der Waals surface area contributed by atoms with E-state index in [1.54, 1.807) is 18.2 Å². The van der Waals surface area contributed by atoms with Crippen molar-refractivity contribution in [3.63, 3.8) is 0 Å². The van der Waals surface area contributed by atoms with Gasteiger partial charge in [0, 0.05) is 42.1 Å². The van der Waals surface area contributed by atoms with Crippen LogP contribution in [-0.4, -0.2) is 53.0 Å². The normalized spacial score (nSPS) is 14.9. The Kier molecular flexibility index (Phi) is 5.29. The molecule has 2 aromatic carbocycles. The van der Waals surface area contributed by atoms with Crippen molar-refractivity contribution in [1.29, 1.82) is 0 Å². The van der Waals surface area contributed by atoms with E-state index in [9.17, 15) is 14.5 Å². The fraction of sp³-hybridized carbons (Fsp3) is 0.263. The summed E-state index contributed by atoms with van der Waals surface area (Å²) in [5, 5.41) is 15.2. The van der Waals surface area contributed by atoms with Crippen molar-refractivity contribution in [3.05, 3.63) is 57.1 Å². The van der Waals surface area contributed by atoms with E-state index < -0.39 is 10.7 Å². The van der Waals surface area contributed by atoms with Crippen LogP contribution in [0.1, 0.15) is 0 Å². The van der Waals surface area contributed by atoms with Gasteiger partial charge in [-0.2, -0.15) is 0 Å². The molecule has 0 radical (unpaired) electrons. The number of hydrogen-bond donors (Lipinski definition) is 1. The molecule has 1 N–H and O–H groups in total. The Morgan fingerprint density at radius 2 is 1.93 bits per heavy atom. The summed E-state index contributed by atoms with van der Waals surface area (Å²) in [6.07, 6.45) is 1.36. The van der Waals surface area contributed by atoms with Crippen LogP contribution < -0.4 is 10.2 Å². The molecule has 29 heavy (non-hydrogen) atoms. The molecule has 0 spiro atoms. The van der Waals surface area contributed by atoms with Gasteiger partial charge in [-0.15, -0.1) is 0 Å². The third-order valence-corrected chi connectivity index (χ3v) is 5.45. The summed E-state index contributed by atoms with van der Waals surface area (Å²) < 4.78 is 14.8. The highest BCUT2D eigenvalue weighted by atomic mass is 79.9. The fourth-order valence-electron chi connectivity index (χ4n) is 3.35. The van der Waals surface area contributed by atoms with Gasteiger partial charge in [0.15, 0.2) is 0 Å². The molecule has 8 nitrogen and oxygen atoms in total. The maximum Gasteiger partial charge on any atom is 0.293 e. The number of halogens is 2. The van der Waals surface area contributed by atoms with Crippen LogP contribution in [0.4, 0.5) is 27.3 Å². The predicted octanol–water partition coefficient (Wildman–Crippen LogP) is 3.94. The number of nitro groups is 1. The van der Waals surface area contributed by atoms with E-state index in [1.165, 1.54) is 18.5 Å². The quantitative estimate of drug-likeness (QED) is 0.465. The zero-order valence-electron chi connectivity index (χ0n) is 15.6. The second-order valence-corrected chi connectivity index (χ2v) is 7.79. The molecule has 2 heterocycles. The lowest BCUT2D eigenvalue weighted by Gasteiger charge is -2.33. The van der Waals surface area contributed by atoms with Gasteiger partial charge >= 0.3 is 0 Å². The molecular formula is C19H18BrFN6O2. The predicted molar refractivity (Wildman–Crippen MR) is 113 cm³/mol. The topological polar surface area (TPSA) is 87.4 Å². The van der Waals surface area contributed by atoms with Gasteiger partial charge in [0.25, 0.3) is 5.69 Å². The van der Waals surface area contributed by atoms with Crippen molar-refractivity contribution in [2.45, 2.75) is 0 Å². The molecule has 1 aromatic heterocycles. The standard InChI is InChI=1S/C19H18BrFN6O2/c1-25-4-6-26(7-5-25)17-10-16-13(9-18(17)27(28)29)19(23-11-22-16)24-15-3-2-12(20)8-14(15)21/h2-3,8-11H,4-7H2,1H3,(H,22,23,24). The van der Waals surface area contributed by atoms with Crippen LogP contribution in [0.15, 0.2) is 41.1 Å². The molecule has 0 unspecified atom stereocenters. The summed E-state index contributed by atoms with van der Waals surface area (Å²) in [6, 6.07) is 7.77. The zero-order chi connectivity index (χ0) is 20.5. The second kappa shape index (κ2) is 7.88. The zero-order valence-corrected chi connectivity index (χ0v) is 17.2. The molecular weight excluding hydrogens is 443 g/mol. The van der Waals surface area contributed by atoms with Crippen LogP contribution in [0.5, 0.6) is 0 Å². The van der Waals surface area contributed by atoms with Gasteiger partial charge in [0.1, 0.15) is 23.6 Å². The monoisotopic (exact) mass is 460 g/mol. The number of nitrogens with zero attached hydrogens (tertiary/aromatic N) is 5. The highest BCUT2D eigenvalue weighted by Crippen LogP contribution is 2.36. The van der Waals surface area contributed by atoms with Crippen molar-refractivity contribution < 1.29 is 9.31 Å².